The second-order valence-electron chi connectivity index (χ2n) is 3.02. The van der Waals surface area contributed by atoms with E-state index in [2.05, 4.69) is 15.4 Å². The van der Waals surface area contributed by atoms with E-state index in [1.165, 1.54) is 0 Å². The molecule has 0 radical (unpaired) electrons. The van der Waals surface area contributed by atoms with Gasteiger partial charge in [0.15, 0.2) is 5.82 Å². The van der Waals surface area contributed by atoms with Gasteiger partial charge < -0.3 is 9.73 Å². The fourth-order valence-electron chi connectivity index (χ4n) is 1.18. The zero-order valence-corrected chi connectivity index (χ0v) is 7.97. The molecule has 0 aliphatic carbocycles. The summed E-state index contributed by atoms with van der Waals surface area (Å²) in [5.41, 5.74) is 0. The second-order valence-corrected chi connectivity index (χ2v) is 3.02. The maximum atomic E-state index is 5.17. The minimum atomic E-state index is 0.654. The van der Waals surface area contributed by atoms with Crippen LogP contribution >= 0.6 is 0 Å². The molecule has 0 spiro atoms. The van der Waals surface area contributed by atoms with Crippen LogP contribution in [-0.4, -0.2) is 14.8 Å². The first kappa shape index (κ1) is 8.96. The molecule has 0 aliphatic heterocycles. The minimum absolute atomic E-state index is 0.654. The lowest BCUT2D eigenvalue weighted by Gasteiger charge is -1.97. The Hall–Kier alpha value is -1.62. The first-order valence-electron chi connectivity index (χ1n) is 4.42. The van der Waals surface area contributed by atoms with E-state index < -0.39 is 0 Å². The van der Waals surface area contributed by atoms with E-state index in [1.54, 1.807) is 17.3 Å². The molecule has 0 fully saturated rings. The van der Waals surface area contributed by atoms with Crippen LogP contribution in [-0.2, 0) is 20.1 Å². The molecule has 2 aromatic rings. The standard InChI is InChI=1S/C9H12N4O/c1-13-7-11-9(12-13)6-10-5-8-3-2-4-14-8/h2-4,7,10H,5-6H2,1H3. The van der Waals surface area contributed by atoms with Crippen LogP contribution in [0.2, 0.25) is 0 Å². The third kappa shape index (κ3) is 2.20. The van der Waals surface area contributed by atoms with Crippen LogP contribution in [0.1, 0.15) is 11.6 Å². The molecule has 0 unspecified atom stereocenters. The predicted molar refractivity (Wildman–Crippen MR) is 50.3 cm³/mol. The van der Waals surface area contributed by atoms with Crippen molar-refractivity contribution < 1.29 is 4.42 Å². The SMILES string of the molecule is Cn1cnc(CNCc2ccco2)n1. The van der Waals surface area contributed by atoms with Crippen molar-refractivity contribution in [2.45, 2.75) is 13.1 Å². The van der Waals surface area contributed by atoms with Gasteiger partial charge in [-0.25, -0.2) is 4.98 Å². The van der Waals surface area contributed by atoms with E-state index in [1.807, 2.05) is 19.2 Å². The number of rotatable bonds is 4. The Labute approximate surface area is 81.8 Å². The molecule has 2 heterocycles. The van der Waals surface area contributed by atoms with E-state index in [0.717, 1.165) is 11.6 Å². The van der Waals surface area contributed by atoms with Crippen molar-refractivity contribution in [3.63, 3.8) is 0 Å². The molecule has 0 saturated heterocycles. The molecule has 5 nitrogen and oxygen atoms in total. The molecule has 0 aliphatic rings. The molecule has 0 amide bonds. The van der Waals surface area contributed by atoms with Gasteiger partial charge in [0, 0.05) is 7.05 Å². The van der Waals surface area contributed by atoms with Crippen molar-refractivity contribution in [3.8, 4) is 0 Å². The first-order chi connectivity index (χ1) is 6.84. The molecule has 74 valence electrons. The zero-order valence-electron chi connectivity index (χ0n) is 7.97. The number of nitrogens with one attached hydrogen (secondary N) is 1. The van der Waals surface area contributed by atoms with E-state index in [-0.39, 0.29) is 0 Å². The zero-order chi connectivity index (χ0) is 9.80. The monoisotopic (exact) mass is 192 g/mol. The number of nitrogens with zero attached hydrogens (tertiary/aromatic N) is 3. The molecule has 14 heavy (non-hydrogen) atoms. The summed E-state index contributed by atoms with van der Waals surface area (Å²) < 4.78 is 6.85. The highest BCUT2D eigenvalue weighted by molar-refractivity contribution is 4.97. The fourth-order valence-corrected chi connectivity index (χ4v) is 1.18. The van der Waals surface area contributed by atoms with Crippen molar-refractivity contribution >= 4 is 0 Å². The largest absolute Gasteiger partial charge is 0.468 e. The quantitative estimate of drug-likeness (QED) is 0.774. The van der Waals surface area contributed by atoms with Gasteiger partial charge in [-0.1, -0.05) is 0 Å². The lowest BCUT2D eigenvalue weighted by Crippen LogP contribution is -2.13. The highest BCUT2D eigenvalue weighted by atomic mass is 16.3. The Morgan fingerprint density at radius 2 is 2.43 bits per heavy atom. The highest BCUT2D eigenvalue weighted by Gasteiger charge is 1.98. The molecule has 0 saturated carbocycles. The number of aromatic nitrogens is 3. The Morgan fingerprint density at radius 1 is 1.50 bits per heavy atom. The maximum absolute atomic E-state index is 5.17. The molecule has 0 atom stereocenters. The van der Waals surface area contributed by atoms with E-state index in [4.69, 9.17) is 4.42 Å². The van der Waals surface area contributed by atoms with Crippen molar-refractivity contribution in [2.75, 3.05) is 0 Å². The average Bonchev–Trinajstić information content (AvgIpc) is 2.77. The van der Waals surface area contributed by atoms with Crippen LogP contribution in [0, 0.1) is 0 Å². The molecule has 2 aromatic heterocycles. The summed E-state index contributed by atoms with van der Waals surface area (Å²) >= 11 is 0. The van der Waals surface area contributed by atoms with E-state index >= 15 is 0 Å². The summed E-state index contributed by atoms with van der Waals surface area (Å²) in [5.74, 6) is 1.71. The molecule has 0 bridgehead atoms. The van der Waals surface area contributed by atoms with Gasteiger partial charge in [-0.3, -0.25) is 4.68 Å². The molecule has 1 N–H and O–H groups in total. The third-order valence-electron chi connectivity index (χ3n) is 1.81. The van der Waals surface area contributed by atoms with Crippen LogP contribution < -0.4 is 5.32 Å². The topological polar surface area (TPSA) is 55.9 Å². The summed E-state index contributed by atoms with van der Waals surface area (Å²) in [6.07, 6.45) is 3.35. The lowest BCUT2D eigenvalue weighted by atomic mass is 10.4. The van der Waals surface area contributed by atoms with Crippen molar-refractivity contribution in [2.24, 2.45) is 7.05 Å². The summed E-state index contributed by atoms with van der Waals surface area (Å²) in [5, 5.41) is 7.33. The van der Waals surface area contributed by atoms with Crippen LogP contribution in [0.4, 0.5) is 0 Å². The summed E-state index contributed by atoms with van der Waals surface area (Å²) in [7, 11) is 1.85. The van der Waals surface area contributed by atoms with Crippen LogP contribution in [0.3, 0.4) is 0 Å². The van der Waals surface area contributed by atoms with E-state index in [9.17, 15) is 0 Å². The molecule has 5 heteroatoms. The van der Waals surface area contributed by atoms with Gasteiger partial charge >= 0.3 is 0 Å². The van der Waals surface area contributed by atoms with Gasteiger partial charge in [-0.15, -0.1) is 0 Å². The van der Waals surface area contributed by atoms with Crippen LogP contribution in [0.15, 0.2) is 29.1 Å². The highest BCUT2D eigenvalue weighted by Crippen LogP contribution is 1.98. The van der Waals surface area contributed by atoms with E-state index in [0.29, 0.717) is 13.1 Å². The lowest BCUT2D eigenvalue weighted by molar-refractivity contribution is 0.480. The molecule has 0 aromatic carbocycles. The predicted octanol–water partition coefficient (Wildman–Crippen LogP) is 0.698. The first-order valence-corrected chi connectivity index (χ1v) is 4.42. The van der Waals surface area contributed by atoms with Gasteiger partial charge in [0.25, 0.3) is 0 Å². The molecule has 2 rings (SSSR count). The van der Waals surface area contributed by atoms with Gasteiger partial charge in [-0.2, -0.15) is 5.10 Å². The number of hydrogen-bond donors (Lipinski definition) is 1. The second kappa shape index (κ2) is 4.06. The maximum Gasteiger partial charge on any atom is 0.164 e. The number of furan rings is 1. The van der Waals surface area contributed by atoms with Crippen molar-refractivity contribution in [1.82, 2.24) is 20.1 Å². The normalized spacial score (nSPS) is 10.6. The molecular weight excluding hydrogens is 180 g/mol. The minimum Gasteiger partial charge on any atom is -0.468 e. The summed E-state index contributed by atoms with van der Waals surface area (Å²) in [6, 6.07) is 3.80. The Bertz CT molecular complexity index is 379. The summed E-state index contributed by atoms with van der Waals surface area (Å²) in [4.78, 5) is 4.09. The van der Waals surface area contributed by atoms with Gasteiger partial charge in [0.05, 0.1) is 19.4 Å². The van der Waals surface area contributed by atoms with Crippen molar-refractivity contribution in [1.29, 1.82) is 0 Å². The smallest absolute Gasteiger partial charge is 0.164 e. The Balaban J connectivity index is 1.78. The molecular formula is C9H12N4O. The van der Waals surface area contributed by atoms with Gasteiger partial charge in [0.2, 0.25) is 0 Å². The Morgan fingerprint density at radius 3 is 3.07 bits per heavy atom. The van der Waals surface area contributed by atoms with Gasteiger partial charge in [0.1, 0.15) is 12.1 Å². The number of aryl methyl sites for hydroxylation is 1. The number of hydrogen-bond acceptors (Lipinski definition) is 4. The summed E-state index contributed by atoms with van der Waals surface area (Å²) in [6.45, 7) is 1.35. The van der Waals surface area contributed by atoms with Gasteiger partial charge in [-0.05, 0) is 12.1 Å². The average molecular weight is 192 g/mol. The van der Waals surface area contributed by atoms with Crippen LogP contribution in [0.5, 0.6) is 0 Å². The third-order valence-corrected chi connectivity index (χ3v) is 1.81. The van der Waals surface area contributed by atoms with Crippen LogP contribution in [0.25, 0.3) is 0 Å². The van der Waals surface area contributed by atoms with Crippen molar-refractivity contribution in [3.05, 3.63) is 36.3 Å². The fraction of sp³-hybridized carbons (Fsp3) is 0.333. The Kier molecular flexibility index (Phi) is 2.60.